The van der Waals surface area contributed by atoms with Gasteiger partial charge in [0, 0.05) is 36.4 Å². The number of nitrogens with one attached hydrogen (secondary N) is 1. The summed E-state index contributed by atoms with van der Waals surface area (Å²) in [7, 11) is 1.57. The summed E-state index contributed by atoms with van der Waals surface area (Å²) in [5, 5.41) is 2.63. The minimum Gasteiger partial charge on any atom is -0.339 e. The quantitative estimate of drug-likeness (QED) is 0.723. The van der Waals surface area contributed by atoms with Gasteiger partial charge in [-0.15, -0.1) is 0 Å². The second kappa shape index (κ2) is 9.50. The van der Waals surface area contributed by atoms with Gasteiger partial charge in [0.1, 0.15) is 5.69 Å². The zero-order valence-corrected chi connectivity index (χ0v) is 17.4. The van der Waals surface area contributed by atoms with Crippen molar-refractivity contribution in [1.82, 2.24) is 9.47 Å². The van der Waals surface area contributed by atoms with Crippen molar-refractivity contribution >= 4 is 33.4 Å². The van der Waals surface area contributed by atoms with Crippen molar-refractivity contribution in [3.8, 4) is 0 Å². The highest BCUT2D eigenvalue weighted by atomic mass is 79.9. The van der Waals surface area contributed by atoms with Crippen LogP contribution in [0.2, 0.25) is 0 Å². The first-order valence-electron chi connectivity index (χ1n) is 8.94. The summed E-state index contributed by atoms with van der Waals surface area (Å²) in [5.41, 5.74) is 0.513. The van der Waals surface area contributed by atoms with E-state index in [4.69, 9.17) is 0 Å². The van der Waals surface area contributed by atoms with Crippen LogP contribution in [0.5, 0.6) is 0 Å². The molecule has 7 heteroatoms. The molecule has 2 amide bonds. The molecule has 27 heavy (non-hydrogen) atoms. The van der Waals surface area contributed by atoms with E-state index in [9.17, 15) is 14.4 Å². The van der Waals surface area contributed by atoms with E-state index in [0.717, 1.165) is 17.3 Å². The Morgan fingerprint density at radius 1 is 1.11 bits per heavy atom. The van der Waals surface area contributed by atoms with E-state index >= 15 is 0 Å². The van der Waals surface area contributed by atoms with E-state index in [1.807, 2.05) is 19.9 Å². The van der Waals surface area contributed by atoms with Gasteiger partial charge in [0.15, 0.2) is 0 Å². The van der Waals surface area contributed by atoms with Gasteiger partial charge in [0.05, 0.1) is 5.56 Å². The van der Waals surface area contributed by atoms with Crippen LogP contribution < -0.4 is 10.9 Å². The molecule has 0 aliphatic carbocycles. The Morgan fingerprint density at radius 2 is 1.78 bits per heavy atom. The largest absolute Gasteiger partial charge is 0.339 e. The van der Waals surface area contributed by atoms with Crippen LogP contribution in [0.25, 0.3) is 0 Å². The van der Waals surface area contributed by atoms with Crippen LogP contribution in [0.3, 0.4) is 0 Å². The Hall–Kier alpha value is -2.41. The Labute approximate surface area is 167 Å². The number of anilines is 1. The molecule has 0 aliphatic heterocycles. The number of carbonyl (C=O) groups excluding carboxylic acids is 2. The summed E-state index contributed by atoms with van der Waals surface area (Å²) in [6.45, 7) is 5.32. The fourth-order valence-corrected chi connectivity index (χ4v) is 3.18. The molecule has 1 heterocycles. The summed E-state index contributed by atoms with van der Waals surface area (Å²) >= 11 is 3.32. The third-order valence-electron chi connectivity index (χ3n) is 4.04. The van der Waals surface area contributed by atoms with Crippen LogP contribution in [0.15, 0.2) is 45.8 Å². The smallest absolute Gasteiger partial charge is 0.274 e. The molecule has 2 rings (SSSR count). The van der Waals surface area contributed by atoms with Gasteiger partial charge in [0.2, 0.25) is 0 Å². The van der Waals surface area contributed by atoms with Crippen LogP contribution in [0, 0.1) is 0 Å². The Bertz CT molecular complexity index is 886. The highest BCUT2D eigenvalue weighted by molar-refractivity contribution is 9.10. The molecule has 1 aromatic heterocycles. The predicted octanol–water partition coefficient (Wildman–Crippen LogP) is 3.66. The van der Waals surface area contributed by atoms with E-state index in [1.165, 1.54) is 16.8 Å². The van der Waals surface area contributed by atoms with Crippen LogP contribution >= 0.6 is 15.9 Å². The molecule has 1 aromatic carbocycles. The number of pyridine rings is 1. The van der Waals surface area contributed by atoms with E-state index in [2.05, 4.69) is 21.2 Å². The van der Waals surface area contributed by atoms with Gasteiger partial charge < -0.3 is 14.8 Å². The van der Waals surface area contributed by atoms with Crippen LogP contribution in [0.4, 0.5) is 5.69 Å². The molecule has 0 unspecified atom stereocenters. The first-order valence-corrected chi connectivity index (χ1v) is 9.73. The molecule has 0 fully saturated rings. The maximum atomic E-state index is 12.8. The standard InChI is InChI=1S/C20H24BrN3O3/c1-4-9-24(10-5-2)19(26)15-12-17(20(27)23(3)13-15)22-18(25)14-7-6-8-16(21)11-14/h6-8,11-13H,4-5,9-10H2,1-3H3,(H,22,25). The average Bonchev–Trinajstić information content (AvgIpc) is 2.64. The highest BCUT2D eigenvalue weighted by Gasteiger charge is 2.18. The van der Waals surface area contributed by atoms with Crippen molar-refractivity contribution in [2.45, 2.75) is 26.7 Å². The lowest BCUT2D eigenvalue weighted by atomic mass is 10.2. The van der Waals surface area contributed by atoms with Crippen LogP contribution in [0.1, 0.15) is 47.4 Å². The molecule has 6 nitrogen and oxygen atoms in total. The molecule has 0 saturated carbocycles. The van der Waals surface area contributed by atoms with Crippen molar-refractivity contribution in [1.29, 1.82) is 0 Å². The second-order valence-corrected chi connectivity index (χ2v) is 7.23. The van der Waals surface area contributed by atoms with Crippen molar-refractivity contribution < 1.29 is 9.59 Å². The minimum atomic E-state index is -0.406. The van der Waals surface area contributed by atoms with Crippen LogP contribution in [-0.4, -0.2) is 34.4 Å². The van der Waals surface area contributed by atoms with E-state index in [1.54, 1.807) is 30.1 Å². The number of aryl methyl sites for hydroxylation is 1. The zero-order valence-electron chi connectivity index (χ0n) is 15.8. The molecule has 2 aromatic rings. The van der Waals surface area contributed by atoms with E-state index < -0.39 is 5.91 Å². The number of hydrogen-bond acceptors (Lipinski definition) is 3. The summed E-state index contributed by atoms with van der Waals surface area (Å²) < 4.78 is 2.08. The van der Waals surface area contributed by atoms with Crippen molar-refractivity contribution in [3.63, 3.8) is 0 Å². The van der Waals surface area contributed by atoms with Gasteiger partial charge in [-0.1, -0.05) is 35.8 Å². The SMILES string of the molecule is CCCN(CCC)C(=O)c1cc(NC(=O)c2cccc(Br)c2)c(=O)n(C)c1. The first-order chi connectivity index (χ1) is 12.9. The molecular weight excluding hydrogens is 410 g/mol. The first kappa shape index (κ1) is 20.9. The molecule has 144 valence electrons. The molecule has 1 N–H and O–H groups in total. The topological polar surface area (TPSA) is 71.4 Å². The lowest BCUT2D eigenvalue weighted by Gasteiger charge is -2.22. The Kier molecular flexibility index (Phi) is 7.36. The maximum absolute atomic E-state index is 12.8. The number of rotatable bonds is 7. The third kappa shape index (κ3) is 5.29. The number of carbonyl (C=O) groups is 2. The highest BCUT2D eigenvalue weighted by Crippen LogP contribution is 2.14. The van der Waals surface area contributed by atoms with Crippen LogP contribution in [-0.2, 0) is 7.05 Å². The van der Waals surface area contributed by atoms with E-state index in [-0.39, 0.29) is 17.2 Å². The molecule has 0 atom stereocenters. The van der Waals surface area contributed by atoms with E-state index in [0.29, 0.717) is 24.2 Å². The Morgan fingerprint density at radius 3 is 2.37 bits per heavy atom. The fourth-order valence-electron chi connectivity index (χ4n) is 2.78. The van der Waals surface area contributed by atoms with Gasteiger partial charge in [-0.25, -0.2) is 0 Å². The van der Waals surface area contributed by atoms with Crippen molar-refractivity contribution in [2.24, 2.45) is 7.05 Å². The Balaban J connectivity index is 2.33. The molecule has 0 spiro atoms. The number of aromatic nitrogens is 1. The lowest BCUT2D eigenvalue weighted by molar-refractivity contribution is 0.0754. The fraction of sp³-hybridized carbons (Fsp3) is 0.350. The monoisotopic (exact) mass is 433 g/mol. The van der Waals surface area contributed by atoms with Gasteiger partial charge in [0.25, 0.3) is 17.4 Å². The van der Waals surface area contributed by atoms with Gasteiger partial charge in [-0.3, -0.25) is 14.4 Å². The number of halogens is 1. The van der Waals surface area contributed by atoms with Crippen molar-refractivity contribution in [2.75, 3.05) is 18.4 Å². The van der Waals surface area contributed by atoms with Gasteiger partial charge in [-0.05, 0) is 37.1 Å². The number of nitrogens with zero attached hydrogens (tertiary/aromatic N) is 2. The summed E-state index contributed by atoms with van der Waals surface area (Å²) in [6.07, 6.45) is 3.21. The number of hydrogen-bond donors (Lipinski definition) is 1. The average molecular weight is 434 g/mol. The third-order valence-corrected chi connectivity index (χ3v) is 4.53. The zero-order chi connectivity index (χ0) is 20.0. The molecule has 0 radical (unpaired) electrons. The maximum Gasteiger partial charge on any atom is 0.274 e. The number of benzene rings is 1. The minimum absolute atomic E-state index is 0.0845. The lowest BCUT2D eigenvalue weighted by Crippen LogP contribution is -2.34. The molecule has 0 saturated heterocycles. The van der Waals surface area contributed by atoms with Gasteiger partial charge in [-0.2, -0.15) is 0 Å². The number of amides is 2. The molecular formula is C20H24BrN3O3. The van der Waals surface area contributed by atoms with Gasteiger partial charge >= 0.3 is 0 Å². The predicted molar refractivity (Wildman–Crippen MR) is 110 cm³/mol. The summed E-state index contributed by atoms with van der Waals surface area (Å²) in [4.78, 5) is 39.5. The molecule has 0 aliphatic rings. The summed E-state index contributed by atoms with van der Waals surface area (Å²) in [5.74, 6) is -0.552. The van der Waals surface area contributed by atoms with Crippen molar-refractivity contribution in [3.05, 3.63) is 62.5 Å². The normalized spacial score (nSPS) is 10.5. The second-order valence-electron chi connectivity index (χ2n) is 6.32. The molecule has 0 bridgehead atoms. The summed E-state index contributed by atoms with van der Waals surface area (Å²) in [6, 6.07) is 8.33.